The Morgan fingerprint density at radius 2 is 1.63 bits per heavy atom. The Hall–Kier alpha value is -0.500. The number of hydrogen-bond donors (Lipinski definition) is 1. The number of rotatable bonds is 4. The summed E-state index contributed by atoms with van der Waals surface area (Å²) in [7, 11) is 0. The van der Waals surface area contributed by atoms with E-state index in [1.807, 2.05) is 0 Å². The van der Waals surface area contributed by atoms with Crippen molar-refractivity contribution in [3.63, 3.8) is 0 Å². The highest BCUT2D eigenvalue weighted by molar-refractivity contribution is 9.08. The largest absolute Gasteiger partial charge is 0.507 e. The van der Waals surface area contributed by atoms with E-state index in [0.29, 0.717) is 27.8 Å². The first-order valence-corrected chi connectivity index (χ1v) is 13.2. The molecule has 1 aromatic carbocycles. The van der Waals surface area contributed by atoms with E-state index in [1.54, 1.807) is 0 Å². The lowest BCUT2D eigenvalue weighted by atomic mass is 9.44. The van der Waals surface area contributed by atoms with Crippen LogP contribution in [0.15, 0.2) is 12.1 Å². The molecule has 4 atom stereocenters. The van der Waals surface area contributed by atoms with Crippen molar-refractivity contribution in [1.82, 2.24) is 0 Å². The summed E-state index contributed by atoms with van der Waals surface area (Å²) in [6.07, 6.45) is 6.42. The number of hydrogen-bond acceptors (Lipinski definition) is 1. The lowest BCUT2D eigenvalue weighted by Crippen LogP contribution is -2.52. The SMILES string of the molecule is CC(C)C1(C)CC2CC(C)(c3cc(C(C)(C)C)cc(CBr)c3O)CC(C(C)C)(C2)C1. The molecular formula is C28H45BrO. The molecule has 3 rings (SSSR count). The van der Waals surface area contributed by atoms with Gasteiger partial charge in [-0.1, -0.05) is 90.4 Å². The molecule has 1 nitrogen and oxygen atoms in total. The number of halogens is 1. The third-order valence-corrected chi connectivity index (χ3v) is 9.76. The van der Waals surface area contributed by atoms with E-state index in [9.17, 15) is 5.11 Å². The van der Waals surface area contributed by atoms with Crippen LogP contribution in [0.3, 0.4) is 0 Å². The molecule has 0 amide bonds. The fourth-order valence-corrected chi connectivity index (χ4v) is 7.43. The minimum Gasteiger partial charge on any atom is -0.507 e. The van der Waals surface area contributed by atoms with Crippen molar-refractivity contribution >= 4 is 15.9 Å². The van der Waals surface area contributed by atoms with Crippen LogP contribution in [0.4, 0.5) is 0 Å². The third-order valence-electron chi connectivity index (χ3n) is 9.16. The van der Waals surface area contributed by atoms with Gasteiger partial charge in [0.25, 0.3) is 0 Å². The molecule has 2 aliphatic carbocycles. The zero-order valence-electron chi connectivity index (χ0n) is 21.0. The Morgan fingerprint density at radius 3 is 2.13 bits per heavy atom. The molecule has 4 unspecified atom stereocenters. The van der Waals surface area contributed by atoms with Crippen LogP contribution in [0.5, 0.6) is 5.75 Å². The molecule has 2 fully saturated rings. The summed E-state index contributed by atoms with van der Waals surface area (Å²) < 4.78 is 0. The van der Waals surface area contributed by atoms with Gasteiger partial charge in [-0.25, -0.2) is 0 Å². The Morgan fingerprint density at radius 1 is 1.00 bits per heavy atom. The van der Waals surface area contributed by atoms with Crippen molar-refractivity contribution in [2.45, 2.75) is 111 Å². The minimum absolute atomic E-state index is 0.0355. The van der Waals surface area contributed by atoms with Gasteiger partial charge in [-0.3, -0.25) is 0 Å². The molecule has 0 heterocycles. The van der Waals surface area contributed by atoms with Gasteiger partial charge in [0, 0.05) is 16.5 Å². The lowest BCUT2D eigenvalue weighted by molar-refractivity contribution is -0.0841. The third kappa shape index (κ3) is 4.12. The van der Waals surface area contributed by atoms with Crippen LogP contribution >= 0.6 is 15.9 Å². The van der Waals surface area contributed by atoms with Gasteiger partial charge in [0.05, 0.1) is 0 Å². The van der Waals surface area contributed by atoms with E-state index in [4.69, 9.17) is 0 Å². The standard InChI is InChI=1S/C28H45BrO/c1-18(2)26(8)12-20-13-27(9,17-28(14-20,16-26)19(3)4)23-11-22(25(5,6)7)10-21(15-29)24(23)30/h10-11,18-20,30H,12-17H2,1-9H3. The Labute approximate surface area is 194 Å². The zero-order chi connectivity index (χ0) is 22.7. The van der Waals surface area contributed by atoms with Gasteiger partial charge < -0.3 is 5.11 Å². The Kier molecular flexibility index (Phi) is 6.29. The normalized spacial score (nSPS) is 34.6. The minimum atomic E-state index is 0.0355. The monoisotopic (exact) mass is 476 g/mol. The zero-order valence-corrected chi connectivity index (χ0v) is 22.5. The molecule has 2 saturated carbocycles. The average molecular weight is 478 g/mol. The van der Waals surface area contributed by atoms with E-state index in [0.717, 1.165) is 17.4 Å². The maximum atomic E-state index is 11.3. The van der Waals surface area contributed by atoms with E-state index >= 15 is 0 Å². The molecule has 1 aromatic rings. The molecule has 0 aromatic heterocycles. The Balaban J connectivity index is 2.13. The highest BCUT2D eigenvalue weighted by atomic mass is 79.9. The number of benzene rings is 1. The van der Waals surface area contributed by atoms with Crippen molar-refractivity contribution in [2.24, 2.45) is 28.6 Å². The van der Waals surface area contributed by atoms with Gasteiger partial charge in [-0.05, 0) is 77.1 Å². The van der Waals surface area contributed by atoms with Gasteiger partial charge >= 0.3 is 0 Å². The molecule has 2 heteroatoms. The Bertz CT molecular complexity index is 787. The van der Waals surface area contributed by atoms with Crippen LogP contribution in [0, 0.1) is 28.6 Å². The van der Waals surface area contributed by atoms with E-state index in [1.165, 1.54) is 43.2 Å². The van der Waals surface area contributed by atoms with E-state index < -0.39 is 0 Å². The van der Waals surface area contributed by atoms with Crippen molar-refractivity contribution in [2.75, 3.05) is 0 Å². The molecular weight excluding hydrogens is 432 g/mol. The van der Waals surface area contributed by atoms with E-state index in [2.05, 4.69) is 90.4 Å². The van der Waals surface area contributed by atoms with Crippen LogP contribution in [-0.4, -0.2) is 5.11 Å². The molecule has 0 radical (unpaired) electrons. The van der Waals surface area contributed by atoms with Gasteiger partial charge in [0.2, 0.25) is 0 Å². The van der Waals surface area contributed by atoms with Crippen LogP contribution < -0.4 is 0 Å². The fraction of sp³-hybridized carbons (Fsp3) is 0.786. The summed E-state index contributed by atoms with van der Waals surface area (Å²) in [5.41, 5.74) is 4.50. The highest BCUT2D eigenvalue weighted by Crippen LogP contribution is 2.65. The topological polar surface area (TPSA) is 20.2 Å². The molecule has 170 valence electrons. The molecule has 0 saturated heterocycles. The predicted octanol–water partition coefficient (Wildman–Crippen LogP) is 8.74. The molecule has 30 heavy (non-hydrogen) atoms. The van der Waals surface area contributed by atoms with Crippen molar-refractivity contribution in [3.8, 4) is 5.75 Å². The van der Waals surface area contributed by atoms with Gasteiger partial charge in [0.1, 0.15) is 5.75 Å². The second kappa shape index (κ2) is 7.82. The van der Waals surface area contributed by atoms with Crippen LogP contribution in [0.25, 0.3) is 0 Å². The lowest BCUT2D eigenvalue weighted by Gasteiger charge is -2.61. The van der Waals surface area contributed by atoms with Crippen LogP contribution in [0.1, 0.15) is 111 Å². The molecule has 2 aliphatic rings. The number of phenolic OH excluding ortho intramolecular Hbond substituents is 1. The van der Waals surface area contributed by atoms with Crippen molar-refractivity contribution < 1.29 is 5.11 Å². The summed E-state index contributed by atoms with van der Waals surface area (Å²) in [6, 6.07) is 4.55. The predicted molar refractivity (Wildman–Crippen MR) is 134 cm³/mol. The van der Waals surface area contributed by atoms with Crippen molar-refractivity contribution in [3.05, 3.63) is 28.8 Å². The molecule has 0 aliphatic heterocycles. The highest BCUT2D eigenvalue weighted by Gasteiger charge is 2.56. The van der Waals surface area contributed by atoms with Gasteiger partial charge in [-0.15, -0.1) is 0 Å². The maximum absolute atomic E-state index is 11.3. The first kappa shape index (κ1) is 24.1. The number of aromatic hydroxyl groups is 1. The summed E-state index contributed by atoms with van der Waals surface area (Å²) in [6.45, 7) is 21.6. The van der Waals surface area contributed by atoms with Gasteiger partial charge in [-0.2, -0.15) is 0 Å². The number of phenols is 1. The van der Waals surface area contributed by atoms with Gasteiger partial charge in [0.15, 0.2) is 0 Å². The second-order valence-corrected chi connectivity index (χ2v) is 13.7. The quantitative estimate of drug-likeness (QED) is 0.430. The summed E-state index contributed by atoms with van der Waals surface area (Å²) in [5.74, 6) is 2.67. The first-order valence-electron chi connectivity index (χ1n) is 12.1. The average Bonchev–Trinajstić information content (AvgIpc) is 2.59. The van der Waals surface area contributed by atoms with Crippen molar-refractivity contribution in [1.29, 1.82) is 0 Å². The molecule has 2 bridgehead atoms. The second-order valence-electron chi connectivity index (χ2n) is 13.1. The summed E-state index contributed by atoms with van der Waals surface area (Å²) in [4.78, 5) is 0. The maximum Gasteiger partial charge on any atom is 0.123 e. The summed E-state index contributed by atoms with van der Waals surface area (Å²) >= 11 is 3.64. The van der Waals surface area contributed by atoms with Crippen LogP contribution in [0.2, 0.25) is 0 Å². The summed E-state index contributed by atoms with van der Waals surface area (Å²) in [5, 5.41) is 12.0. The smallest absolute Gasteiger partial charge is 0.123 e. The molecule has 1 N–H and O–H groups in total. The first-order chi connectivity index (χ1) is 13.7. The fourth-order valence-electron chi connectivity index (χ4n) is 7.00. The van der Waals surface area contributed by atoms with Crippen LogP contribution in [-0.2, 0) is 16.2 Å². The number of fused-ring (bicyclic) bond motifs is 2. The number of alkyl halides is 1. The molecule has 0 spiro atoms. The van der Waals surface area contributed by atoms with E-state index in [-0.39, 0.29) is 10.8 Å².